The van der Waals surface area contributed by atoms with Crippen LogP contribution in [0.5, 0.6) is 17.2 Å². The molecule has 0 bridgehead atoms. The summed E-state index contributed by atoms with van der Waals surface area (Å²) in [6.45, 7) is 2.06. The molecule has 156 valence electrons. The minimum Gasteiger partial charge on any atom is -0.497 e. The molecule has 0 fully saturated rings. The van der Waals surface area contributed by atoms with Crippen LogP contribution in [-0.4, -0.2) is 21.3 Å². The van der Waals surface area contributed by atoms with Gasteiger partial charge in [0.05, 0.1) is 21.3 Å². The number of rotatable bonds is 6. The number of benzene rings is 2. The molecule has 4 rings (SSSR count). The van der Waals surface area contributed by atoms with Crippen molar-refractivity contribution in [2.24, 2.45) is 0 Å². The van der Waals surface area contributed by atoms with Crippen LogP contribution in [0.15, 0.2) is 85.5 Å². The van der Waals surface area contributed by atoms with E-state index in [1.54, 1.807) is 21.3 Å². The number of hydrogen-bond donors (Lipinski definition) is 0. The molecule has 2 aromatic carbocycles. The van der Waals surface area contributed by atoms with Crippen molar-refractivity contribution in [3.05, 3.63) is 91.0 Å². The van der Waals surface area contributed by atoms with E-state index in [1.165, 1.54) is 5.56 Å². The van der Waals surface area contributed by atoms with Gasteiger partial charge in [0.15, 0.2) is 36.3 Å². The monoisotopic (exact) mass is 414 g/mol. The Morgan fingerprint density at radius 3 is 1.52 bits per heavy atom. The van der Waals surface area contributed by atoms with Crippen molar-refractivity contribution in [3.63, 3.8) is 0 Å². The summed E-state index contributed by atoms with van der Waals surface area (Å²) in [4.78, 5) is 0. The van der Waals surface area contributed by atoms with E-state index >= 15 is 0 Å². The maximum atomic E-state index is 5.54. The van der Waals surface area contributed by atoms with Crippen LogP contribution in [0.1, 0.15) is 5.56 Å². The first-order valence-electron chi connectivity index (χ1n) is 10.0. The van der Waals surface area contributed by atoms with E-state index in [0.29, 0.717) is 0 Å². The molecule has 0 aliphatic rings. The third-order valence-electron chi connectivity index (χ3n) is 5.27. The number of aryl methyl sites for hydroxylation is 1. The van der Waals surface area contributed by atoms with Crippen molar-refractivity contribution in [2.45, 2.75) is 6.92 Å². The molecule has 5 heteroatoms. The van der Waals surface area contributed by atoms with Crippen molar-refractivity contribution in [1.29, 1.82) is 0 Å². The first kappa shape index (κ1) is 20.4. The van der Waals surface area contributed by atoms with Gasteiger partial charge in [-0.05, 0) is 35.7 Å². The van der Waals surface area contributed by atoms with Crippen LogP contribution in [0.4, 0.5) is 0 Å². The van der Waals surface area contributed by atoms with Gasteiger partial charge >= 0.3 is 0 Å². The fourth-order valence-corrected chi connectivity index (χ4v) is 3.56. The topological polar surface area (TPSA) is 35.5 Å². The largest absolute Gasteiger partial charge is 0.497 e. The van der Waals surface area contributed by atoms with E-state index in [-0.39, 0.29) is 0 Å². The Morgan fingerprint density at radius 1 is 0.548 bits per heavy atom. The molecule has 0 aliphatic heterocycles. The van der Waals surface area contributed by atoms with Crippen LogP contribution in [0.2, 0.25) is 0 Å². The molecule has 0 amide bonds. The van der Waals surface area contributed by atoms with Gasteiger partial charge in [-0.25, -0.2) is 0 Å². The standard InChI is InChI=1S/C26H26N2O3/c1-19-5-7-23(25(17-19)30-3)27-13-9-20(10-14-27)21-11-15-28(16-12-21)24-8-6-22(29-2)18-26(24)31-4/h5-18H,1-4H3/q+2. The SMILES string of the molecule is COc1ccc(-[n+]2ccc(-c3cc[n+](-c4ccc(C)cc4OC)cc3)cc2)c(OC)c1. The second-order valence-electron chi connectivity index (χ2n) is 7.20. The second kappa shape index (κ2) is 8.88. The molecule has 0 unspecified atom stereocenters. The molecule has 31 heavy (non-hydrogen) atoms. The van der Waals surface area contributed by atoms with Crippen LogP contribution < -0.4 is 23.3 Å². The van der Waals surface area contributed by atoms with Crippen LogP contribution in [0.25, 0.3) is 22.5 Å². The Morgan fingerprint density at radius 2 is 1.03 bits per heavy atom. The highest BCUT2D eigenvalue weighted by Crippen LogP contribution is 2.25. The van der Waals surface area contributed by atoms with Crippen LogP contribution in [0, 0.1) is 6.92 Å². The minimum absolute atomic E-state index is 0.755. The Bertz CT molecular complexity index is 1190. The average Bonchev–Trinajstić information content (AvgIpc) is 2.83. The highest BCUT2D eigenvalue weighted by atomic mass is 16.5. The molecule has 2 heterocycles. The van der Waals surface area contributed by atoms with Crippen molar-refractivity contribution in [1.82, 2.24) is 0 Å². The van der Waals surface area contributed by atoms with Gasteiger partial charge in [0.25, 0.3) is 11.4 Å². The number of nitrogens with zero attached hydrogens (tertiary/aromatic N) is 2. The summed E-state index contributed by atoms with van der Waals surface area (Å²) in [5.41, 5.74) is 5.40. The zero-order valence-electron chi connectivity index (χ0n) is 18.2. The summed E-state index contributed by atoms with van der Waals surface area (Å²) in [7, 11) is 5.01. The Balaban J connectivity index is 1.60. The van der Waals surface area contributed by atoms with Gasteiger partial charge in [0, 0.05) is 42.5 Å². The van der Waals surface area contributed by atoms with Crippen LogP contribution >= 0.6 is 0 Å². The molecular weight excluding hydrogens is 388 g/mol. The van der Waals surface area contributed by atoms with Crippen molar-refractivity contribution >= 4 is 0 Å². The van der Waals surface area contributed by atoms with Crippen LogP contribution in [0.3, 0.4) is 0 Å². The molecule has 4 aromatic rings. The van der Waals surface area contributed by atoms with Crippen LogP contribution in [-0.2, 0) is 0 Å². The normalized spacial score (nSPS) is 10.6. The number of ether oxygens (including phenoxy) is 3. The van der Waals surface area contributed by atoms with Gasteiger partial charge in [-0.3, -0.25) is 0 Å². The lowest BCUT2D eigenvalue weighted by Gasteiger charge is -2.07. The molecule has 0 aliphatic carbocycles. The van der Waals surface area contributed by atoms with Gasteiger partial charge in [0.1, 0.15) is 5.75 Å². The highest BCUT2D eigenvalue weighted by molar-refractivity contribution is 5.61. The lowest BCUT2D eigenvalue weighted by atomic mass is 10.1. The van der Waals surface area contributed by atoms with E-state index < -0.39 is 0 Å². The smallest absolute Gasteiger partial charge is 0.253 e. The minimum atomic E-state index is 0.755. The fraction of sp³-hybridized carbons (Fsp3) is 0.154. The van der Waals surface area contributed by atoms with Crippen molar-refractivity contribution in [2.75, 3.05) is 21.3 Å². The molecule has 2 aromatic heterocycles. The number of methoxy groups -OCH3 is 3. The Labute approximate surface area is 182 Å². The highest BCUT2D eigenvalue weighted by Gasteiger charge is 2.16. The van der Waals surface area contributed by atoms with E-state index in [4.69, 9.17) is 14.2 Å². The molecule has 0 radical (unpaired) electrons. The first-order chi connectivity index (χ1) is 15.1. The summed E-state index contributed by atoms with van der Waals surface area (Å²) in [6.07, 6.45) is 8.17. The van der Waals surface area contributed by atoms with Gasteiger partial charge in [-0.15, -0.1) is 0 Å². The maximum absolute atomic E-state index is 5.54. The van der Waals surface area contributed by atoms with Gasteiger partial charge in [0.2, 0.25) is 0 Å². The number of pyridine rings is 2. The maximum Gasteiger partial charge on any atom is 0.253 e. The Kier molecular flexibility index (Phi) is 5.85. The summed E-state index contributed by atoms with van der Waals surface area (Å²) in [6, 6.07) is 20.4. The van der Waals surface area contributed by atoms with E-state index in [9.17, 15) is 0 Å². The van der Waals surface area contributed by atoms with E-state index in [1.807, 2.05) is 41.2 Å². The lowest BCUT2D eigenvalue weighted by molar-refractivity contribution is -0.596. The third kappa shape index (κ3) is 4.21. The van der Waals surface area contributed by atoms with Crippen molar-refractivity contribution in [3.8, 4) is 39.8 Å². The molecule has 0 saturated heterocycles. The molecule has 0 saturated carbocycles. The lowest BCUT2D eigenvalue weighted by Crippen LogP contribution is -2.30. The van der Waals surface area contributed by atoms with Crippen molar-refractivity contribution < 1.29 is 23.3 Å². The predicted molar refractivity (Wildman–Crippen MR) is 119 cm³/mol. The summed E-state index contributed by atoms with van der Waals surface area (Å²) >= 11 is 0. The van der Waals surface area contributed by atoms with Gasteiger partial charge in [-0.1, -0.05) is 6.07 Å². The average molecular weight is 415 g/mol. The molecule has 0 atom stereocenters. The fourth-order valence-electron chi connectivity index (χ4n) is 3.56. The predicted octanol–water partition coefficient (Wildman–Crippen LogP) is 4.24. The molecule has 0 spiro atoms. The molecule has 0 N–H and O–H groups in total. The summed E-state index contributed by atoms with van der Waals surface area (Å²) < 4.78 is 20.4. The molecular formula is C26H26N2O3+2. The zero-order valence-corrected chi connectivity index (χ0v) is 18.2. The second-order valence-corrected chi connectivity index (χ2v) is 7.20. The van der Waals surface area contributed by atoms with Gasteiger partial charge in [-0.2, -0.15) is 9.13 Å². The zero-order chi connectivity index (χ0) is 21.8. The quantitative estimate of drug-likeness (QED) is 0.443. The number of aromatic nitrogens is 2. The van der Waals surface area contributed by atoms with E-state index in [2.05, 4.69) is 60.3 Å². The third-order valence-corrected chi connectivity index (χ3v) is 5.27. The number of hydrogen-bond acceptors (Lipinski definition) is 3. The first-order valence-corrected chi connectivity index (χ1v) is 10.0. The van der Waals surface area contributed by atoms with E-state index in [0.717, 1.165) is 39.8 Å². The Hall–Kier alpha value is -3.86. The summed E-state index contributed by atoms with van der Waals surface area (Å²) in [5.74, 6) is 2.37. The van der Waals surface area contributed by atoms with Gasteiger partial charge < -0.3 is 14.2 Å². The summed E-state index contributed by atoms with van der Waals surface area (Å²) in [5, 5.41) is 0. The molecule has 5 nitrogen and oxygen atoms in total.